The number of benzene rings is 1. The molecule has 0 fully saturated rings. The quantitative estimate of drug-likeness (QED) is 0.488. The first kappa shape index (κ1) is 15.8. The van der Waals surface area contributed by atoms with Gasteiger partial charge in [0.1, 0.15) is 11.0 Å². The molecule has 20 heavy (non-hydrogen) atoms. The van der Waals surface area contributed by atoms with Crippen molar-refractivity contribution in [2.75, 3.05) is 0 Å². The van der Waals surface area contributed by atoms with Crippen molar-refractivity contribution in [3.8, 4) is 0 Å². The maximum absolute atomic E-state index is 12.5. The molecule has 106 valence electrons. The van der Waals surface area contributed by atoms with Crippen LogP contribution in [0.15, 0.2) is 51.0 Å². The van der Waals surface area contributed by atoms with E-state index in [9.17, 15) is 4.79 Å². The molecule has 1 atom stereocenters. The van der Waals surface area contributed by atoms with Crippen molar-refractivity contribution in [1.29, 1.82) is 0 Å². The molecule has 0 heterocycles. The third-order valence-corrected chi connectivity index (χ3v) is 5.03. The molecule has 4 N–H and O–H groups in total. The summed E-state index contributed by atoms with van der Waals surface area (Å²) in [6, 6.07) is 8.49. The largest absolute Gasteiger partial charge is 0.307 e. The fraction of sp³-hybridized carbons (Fsp3) is 0.154. The lowest BCUT2D eigenvalue weighted by Crippen LogP contribution is -2.59. The lowest BCUT2D eigenvalue weighted by Gasteiger charge is -2.34. The Bertz CT molecular complexity index is 623. The highest BCUT2D eigenvalue weighted by atomic mass is 35.5. The monoisotopic (exact) mass is 350 g/mol. The summed E-state index contributed by atoms with van der Waals surface area (Å²) in [5.41, 5.74) is 10.4. The minimum atomic E-state index is -1.61. The number of allylic oxidation sites excluding steroid dienone is 2. The Morgan fingerprint density at radius 2 is 1.65 bits per heavy atom. The number of hydrogen-bond acceptors (Lipinski definition) is 3. The molecule has 0 saturated carbocycles. The summed E-state index contributed by atoms with van der Waals surface area (Å²) in [7, 11) is 0. The van der Waals surface area contributed by atoms with Gasteiger partial charge < -0.3 is 11.5 Å². The van der Waals surface area contributed by atoms with Crippen LogP contribution in [-0.4, -0.2) is 16.8 Å². The summed E-state index contributed by atoms with van der Waals surface area (Å²) >= 11 is 24.3. The smallest absolute Gasteiger partial charge is 0.195 e. The molecule has 0 spiro atoms. The highest BCUT2D eigenvalue weighted by Gasteiger charge is 2.44. The second kappa shape index (κ2) is 5.68. The van der Waals surface area contributed by atoms with Crippen molar-refractivity contribution in [3.05, 3.63) is 56.6 Å². The number of nitrogens with two attached hydrogens (primary N) is 2. The van der Waals surface area contributed by atoms with Gasteiger partial charge in [-0.3, -0.25) is 4.79 Å². The summed E-state index contributed by atoms with van der Waals surface area (Å²) < 4.78 is 0. The number of rotatable bonds is 2. The van der Waals surface area contributed by atoms with Crippen LogP contribution >= 0.6 is 46.4 Å². The molecule has 0 amide bonds. The van der Waals surface area contributed by atoms with Crippen LogP contribution in [0.3, 0.4) is 0 Å². The van der Waals surface area contributed by atoms with E-state index in [4.69, 9.17) is 57.9 Å². The summed E-state index contributed by atoms with van der Waals surface area (Å²) in [5, 5.41) is -1.22. The normalized spacial score (nSPS) is 22.2. The average Bonchev–Trinajstić information content (AvgIpc) is 2.44. The average molecular weight is 352 g/mol. The molecular weight excluding hydrogens is 342 g/mol. The van der Waals surface area contributed by atoms with E-state index < -0.39 is 11.0 Å². The second-order valence-corrected chi connectivity index (χ2v) is 5.94. The predicted octanol–water partition coefficient (Wildman–Crippen LogP) is 3.29. The molecule has 1 aromatic rings. The highest BCUT2D eigenvalue weighted by molar-refractivity contribution is 6.49. The molecule has 7 heteroatoms. The molecule has 2 rings (SSSR count). The Morgan fingerprint density at radius 1 is 1.10 bits per heavy atom. The Morgan fingerprint density at radius 3 is 2.20 bits per heavy atom. The van der Waals surface area contributed by atoms with Gasteiger partial charge in [0, 0.05) is 5.56 Å². The summed E-state index contributed by atoms with van der Waals surface area (Å²) in [6.45, 7) is 0. The van der Waals surface area contributed by atoms with E-state index in [0.29, 0.717) is 5.56 Å². The van der Waals surface area contributed by atoms with Gasteiger partial charge in [-0.1, -0.05) is 65.1 Å². The number of halogens is 4. The first-order valence-electron chi connectivity index (χ1n) is 5.55. The molecular formula is C13H10Cl4N2O. The standard InChI is InChI=1S/C13H10Cl4N2O/c14-8-7(10(20)6-4-2-1-3-5-6)9(15)12(17)13(18,19)11(8)16/h1-5,11H,18-19H2. The lowest BCUT2D eigenvalue weighted by atomic mass is 9.92. The Balaban J connectivity index is 2.57. The molecule has 1 unspecified atom stereocenters. The van der Waals surface area contributed by atoms with Crippen LogP contribution in [0.4, 0.5) is 0 Å². The van der Waals surface area contributed by atoms with Gasteiger partial charge in [-0.2, -0.15) is 0 Å². The molecule has 0 aliphatic heterocycles. The molecule has 0 aromatic heterocycles. The molecule has 1 aliphatic carbocycles. The molecule has 0 bridgehead atoms. The van der Waals surface area contributed by atoms with Crippen molar-refractivity contribution < 1.29 is 4.79 Å². The molecule has 1 aromatic carbocycles. The first-order chi connectivity index (χ1) is 9.28. The number of carbonyl (C=O) groups excluding carboxylic acids is 1. The van der Waals surface area contributed by atoms with Gasteiger partial charge in [-0.05, 0) is 0 Å². The van der Waals surface area contributed by atoms with E-state index in [0.717, 1.165) is 0 Å². The second-order valence-electron chi connectivity index (χ2n) is 4.34. The lowest BCUT2D eigenvalue weighted by molar-refractivity contribution is 0.103. The van der Waals surface area contributed by atoms with Crippen molar-refractivity contribution in [1.82, 2.24) is 0 Å². The Labute approximate surface area is 136 Å². The topological polar surface area (TPSA) is 69.1 Å². The van der Waals surface area contributed by atoms with E-state index in [1.54, 1.807) is 30.3 Å². The zero-order chi connectivity index (χ0) is 15.1. The van der Waals surface area contributed by atoms with Gasteiger partial charge in [-0.15, -0.1) is 11.6 Å². The minimum absolute atomic E-state index is 0.0140. The summed E-state index contributed by atoms with van der Waals surface area (Å²) in [6.07, 6.45) is 0. The van der Waals surface area contributed by atoms with Crippen LogP contribution in [0.1, 0.15) is 10.4 Å². The first-order valence-corrected chi connectivity index (χ1v) is 7.13. The Hall–Kier alpha value is -0.550. The summed E-state index contributed by atoms with van der Waals surface area (Å²) in [4.78, 5) is 12.5. The maximum atomic E-state index is 12.5. The van der Waals surface area contributed by atoms with Crippen molar-refractivity contribution in [2.24, 2.45) is 11.5 Å². The van der Waals surface area contributed by atoms with Crippen LogP contribution in [0.25, 0.3) is 0 Å². The van der Waals surface area contributed by atoms with Gasteiger partial charge >= 0.3 is 0 Å². The van der Waals surface area contributed by atoms with Gasteiger partial charge in [0.25, 0.3) is 0 Å². The fourth-order valence-electron chi connectivity index (χ4n) is 1.79. The number of ketones is 1. The van der Waals surface area contributed by atoms with Crippen molar-refractivity contribution >= 4 is 52.2 Å². The third kappa shape index (κ3) is 2.50. The van der Waals surface area contributed by atoms with Crippen LogP contribution in [0.5, 0.6) is 0 Å². The van der Waals surface area contributed by atoms with Crippen LogP contribution in [0, 0.1) is 0 Å². The number of Topliss-reactive ketones (excluding diaryl/α,β-unsaturated/α-hetero) is 1. The fourth-order valence-corrected chi connectivity index (χ4v) is 3.03. The minimum Gasteiger partial charge on any atom is -0.307 e. The van der Waals surface area contributed by atoms with E-state index in [-0.39, 0.29) is 26.5 Å². The van der Waals surface area contributed by atoms with E-state index in [2.05, 4.69) is 0 Å². The van der Waals surface area contributed by atoms with Gasteiger partial charge in [-0.25, -0.2) is 0 Å². The summed E-state index contributed by atoms with van der Waals surface area (Å²) in [5.74, 6) is -0.389. The predicted molar refractivity (Wildman–Crippen MR) is 83.1 cm³/mol. The van der Waals surface area contributed by atoms with Gasteiger partial charge in [0.05, 0.1) is 20.7 Å². The number of alkyl halides is 1. The van der Waals surface area contributed by atoms with Crippen LogP contribution < -0.4 is 11.5 Å². The van der Waals surface area contributed by atoms with Crippen molar-refractivity contribution in [3.63, 3.8) is 0 Å². The van der Waals surface area contributed by atoms with Gasteiger partial charge in [0.15, 0.2) is 5.78 Å². The Kier molecular flexibility index (Phi) is 4.50. The van der Waals surface area contributed by atoms with Gasteiger partial charge in [0.2, 0.25) is 0 Å². The SMILES string of the molecule is NC1(N)C(Cl)=C(Cl)C(C(=O)c2ccccc2)=C(Cl)C1Cl. The zero-order valence-electron chi connectivity index (χ0n) is 10.0. The highest BCUT2D eigenvalue weighted by Crippen LogP contribution is 2.43. The number of hydrogen-bond donors (Lipinski definition) is 2. The third-order valence-electron chi connectivity index (χ3n) is 2.94. The molecule has 3 nitrogen and oxygen atoms in total. The van der Waals surface area contributed by atoms with Crippen LogP contribution in [0.2, 0.25) is 0 Å². The van der Waals surface area contributed by atoms with E-state index >= 15 is 0 Å². The maximum Gasteiger partial charge on any atom is 0.195 e. The zero-order valence-corrected chi connectivity index (χ0v) is 13.1. The molecule has 0 saturated heterocycles. The van der Waals surface area contributed by atoms with E-state index in [1.165, 1.54) is 0 Å². The molecule has 0 radical (unpaired) electrons. The van der Waals surface area contributed by atoms with E-state index in [1.807, 2.05) is 0 Å². The van der Waals surface area contributed by atoms with Crippen LogP contribution in [-0.2, 0) is 0 Å². The van der Waals surface area contributed by atoms with Crippen molar-refractivity contribution in [2.45, 2.75) is 11.0 Å². The molecule has 1 aliphatic rings. The number of carbonyl (C=O) groups is 1.